The summed E-state index contributed by atoms with van der Waals surface area (Å²) >= 11 is 5.20. The molecule has 10 heteroatoms. The zero-order chi connectivity index (χ0) is 18.0. The molecule has 1 aromatic heterocycles. The molecule has 5 nitrogen and oxygen atoms in total. The first kappa shape index (κ1) is 17.9. The van der Waals surface area contributed by atoms with Crippen molar-refractivity contribution in [3.8, 4) is 17.1 Å². The van der Waals surface area contributed by atoms with Gasteiger partial charge in [-0.2, -0.15) is 22.7 Å². The minimum absolute atomic E-state index is 0.00866. The maximum absolute atomic E-state index is 13.1. The third kappa shape index (κ3) is 4.01. The molecule has 1 aliphatic rings. The highest BCUT2D eigenvalue weighted by atomic mass is 32.1. The Hall–Kier alpha value is -1.94. The van der Waals surface area contributed by atoms with Gasteiger partial charge in [0.2, 0.25) is 0 Å². The summed E-state index contributed by atoms with van der Waals surface area (Å²) in [5, 5.41) is 6.75. The number of hydrogen-bond acceptors (Lipinski definition) is 4. The summed E-state index contributed by atoms with van der Waals surface area (Å²) in [7, 11) is 0. The monoisotopic (exact) mass is 377 g/mol. The van der Waals surface area contributed by atoms with Crippen LogP contribution in [-0.4, -0.2) is 40.0 Å². The molecule has 136 valence electrons. The van der Waals surface area contributed by atoms with Gasteiger partial charge in [-0.3, -0.25) is 9.67 Å². The number of rotatable bonds is 6. The van der Waals surface area contributed by atoms with Crippen LogP contribution in [-0.2, 0) is 11.3 Å². The normalized spacial score (nSPS) is 18.0. The summed E-state index contributed by atoms with van der Waals surface area (Å²) in [5.74, 6) is 0.00620. The van der Waals surface area contributed by atoms with Crippen molar-refractivity contribution < 1.29 is 27.0 Å². The van der Waals surface area contributed by atoms with E-state index in [2.05, 4.69) is 14.9 Å². The minimum atomic E-state index is -4.57. The van der Waals surface area contributed by atoms with E-state index in [0.717, 1.165) is 12.8 Å². The number of hydrogen-bond donors (Lipinski definition) is 1. The van der Waals surface area contributed by atoms with Crippen molar-refractivity contribution in [1.82, 2.24) is 14.8 Å². The Morgan fingerprint density at radius 2 is 2.24 bits per heavy atom. The van der Waals surface area contributed by atoms with E-state index in [1.807, 2.05) is 0 Å². The minimum Gasteiger partial charge on any atom is -0.428 e. The lowest BCUT2D eigenvalue weighted by Gasteiger charge is -2.17. The summed E-state index contributed by atoms with van der Waals surface area (Å²) in [6.07, 6.45) is -6.66. The lowest BCUT2D eigenvalue weighted by molar-refractivity contribution is -0.253. The molecule has 0 spiro atoms. The molecular formula is C15H15F4N3O2S. The fourth-order valence-electron chi connectivity index (χ4n) is 2.60. The largest absolute Gasteiger partial charge is 0.461 e. The van der Waals surface area contributed by atoms with Crippen LogP contribution >= 0.6 is 12.2 Å². The molecule has 1 fully saturated rings. The molecular weight excluding hydrogens is 362 g/mol. The van der Waals surface area contributed by atoms with Crippen LogP contribution in [0.3, 0.4) is 0 Å². The molecule has 1 unspecified atom stereocenters. The molecule has 2 aromatic rings. The van der Waals surface area contributed by atoms with Crippen molar-refractivity contribution in [3.63, 3.8) is 0 Å². The molecule has 2 heterocycles. The van der Waals surface area contributed by atoms with Crippen LogP contribution in [0.25, 0.3) is 11.4 Å². The van der Waals surface area contributed by atoms with Crippen molar-refractivity contribution in [1.29, 1.82) is 0 Å². The van der Waals surface area contributed by atoms with E-state index in [1.165, 1.54) is 18.2 Å². The van der Waals surface area contributed by atoms with Crippen LogP contribution in [0, 0.1) is 4.77 Å². The first-order valence-electron chi connectivity index (χ1n) is 7.59. The van der Waals surface area contributed by atoms with Gasteiger partial charge in [0.05, 0.1) is 12.6 Å². The van der Waals surface area contributed by atoms with Gasteiger partial charge < -0.3 is 9.47 Å². The summed E-state index contributed by atoms with van der Waals surface area (Å²) < 4.78 is 62.5. The summed E-state index contributed by atoms with van der Waals surface area (Å²) in [4.78, 5) is 0. The van der Waals surface area contributed by atoms with E-state index in [4.69, 9.17) is 17.0 Å². The Labute approximate surface area is 145 Å². The number of halogens is 4. The summed E-state index contributed by atoms with van der Waals surface area (Å²) in [5.41, 5.74) is 0.410. The van der Waals surface area contributed by atoms with Crippen molar-refractivity contribution in [2.45, 2.75) is 38.0 Å². The Bertz CT molecular complexity index is 787. The smallest absolute Gasteiger partial charge is 0.428 e. The zero-order valence-electron chi connectivity index (χ0n) is 12.9. The van der Waals surface area contributed by atoms with Gasteiger partial charge in [-0.25, -0.2) is 0 Å². The highest BCUT2D eigenvalue weighted by molar-refractivity contribution is 7.71. The Kier molecular flexibility index (Phi) is 5.09. The van der Waals surface area contributed by atoms with Gasteiger partial charge in [0.15, 0.2) is 10.6 Å². The number of ether oxygens (including phenoxy) is 2. The molecule has 1 atom stereocenters. The van der Waals surface area contributed by atoms with Gasteiger partial charge in [-0.1, -0.05) is 12.1 Å². The van der Waals surface area contributed by atoms with Crippen molar-refractivity contribution >= 4 is 12.2 Å². The maximum atomic E-state index is 13.1. The number of aromatic nitrogens is 3. The molecule has 0 radical (unpaired) electrons. The molecule has 1 N–H and O–H groups in total. The van der Waals surface area contributed by atoms with Crippen LogP contribution in [0.2, 0.25) is 0 Å². The van der Waals surface area contributed by atoms with E-state index in [0.29, 0.717) is 29.3 Å². The molecule has 0 amide bonds. The molecule has 25 heavy (non-hydrogen) atoms. The van der Waals surface area contributed by atoms with Crippen molar-refractivity contribution in [2.24, 2.45) is 0 Å². The van der Waals surface area contributed by atoms with E-state index >= 15 is 0 Å². The summed E-state index contributed by atoms with van der Waals surface area (Å²) in [6, 6.07) is 5.41. The predicted molar refractivity (Wildman–Crippen MR) is 83.4 cm³/mol. The SMILES string of the molecule is FC(F)C(F)(F)Oc1cccc(-c2n[nH]c(=S)n2CC2CCCO2)c1. The lowest BCUT2D eigenvalue weighted by Crippen LogP contribution is -2.33. The maximum Gasteiger partial charge on any atom is 0.461 e. The molecule has 0 saturated carbocycles. The molecule has 1 aromatic carbocycles. The third-order valence-electron chi connectivity index (χ3n) is 3.77. The van der Waals surface area contributed by atoms with Gasteiger partial charge in [-0.05, 0) is 37.2 Å². The Morgan fingerprint density at radius 1 is 1.44 bits per heavy atom. The van der Waals surface area contributed by atoms with Crippen molar-refractivity contribution in [2.75, 3.05) is 6.61 Å². The van der Waals surface area contributed by atoms with Gasteiger partial charge >= 0.3 is 12.5 Å². The number of benzene rings is 1. The van der Waals surface area contributed by atoms with Crippen LogP contribution in [0.1, 0.15) is 12.8 Å². The highest BCUT2D eigenvalue weighted by Gasteiger charge is 2.44. The van der Waals surface area contributed by atoms with Gasteiger partial charge in [-0.15, -0.1) is 0 Å². The number of H-pyrrole nitrogens is 1. The molecule has 3 rings (SSSR count). The average molecular weight is 377 g/mol. The fourth-order valence-corrected chi connectivity index (χ4v) is 2.81. The number of alkyl halides is 4. The second kappa shape index (κ2) is 7.12. The molecule has 1 saturated heterocycles. The second-order valence-electron chi connectivity index (χ2n) is 5.59. The van der Waals surface area contributed by atoms with Crippen LogP contribution < -0.4 is 4.74 Å². The van der Waals surface area contributed by atoms with E-state index in [9.17, 15) is 17.6 Å². The van der Waals surface area contributed by atoms with Crippen molar-refractivity contribution in [3.05, 3.63) is 29.0 Å². The molecule has 0 bridgehead atoms. The van der Waals surface area contributed by atoms with Crippen LogP contribution in [0.4, 0.5) is 17.6 Å². The number of nitrogens with one attached hydrogen (secondary N) is 1. The number of aromatic amines is 1. The van der Waals surface area contributed by atoms with Gasteiger partial charge in [0, 0.05) is 12.2 Å². The van der Waals surface area contributed by atoms with Gasteiger partial charge in [0.25, 0.3) is 0 Å². The predicted octanol–water partition coefficient (Wildman–Crippen LogP) is 4.02. The Morgan fingerprint density at radius 3 is 2.92 bits per heavy atom. The first-order chi connectivity index (χ1) is 11.9. The quantitative estimate of drug-likeness (QED) is 0.610. The topological polar surface area (TPSA) is 52.1 Å². The van der Waals surface area contributed by atoms with E-state index < -0.39 is 12.5 Å². The lowest BCUT2D eigenvalue weighted by atomic mass is 10.2. The zero-order valence-corrected chi connectivity index (χ0v) is 13.7. The Balaban J connectivity index is 1.87. The number of nitrogens with zero attached hydrogens (tertiary/aromatic N) is 2. The standard InChI is InChI=1S/C15H15F4N3O2S/c16-13(17)15(18,19)24-10-4-1-3-9(7-10)12-20-21-14(25)22(12)8-11-5-2-6-23-11/h1,3-4,7,11,13H,2,5-6,8H2,(H,21,25). The van der Waals surface area contributed by atoms with Gasteiger partial charge in [0.1, 0.15) is 5.75 Å². The van der Waals surface area contributed by atoms with E-state index in [1.54, 1.807) is 10.6 Å². The van der Waals surface area contributed by atoms with Crippen LogP contribution in [0.5, 0.6) is 5.75 Å². The summed E-state index contributed by atoms with van der Waals surface area (Å²) in [6.45, 7) is 1.14. The van der Waals surface area contributed by atoms with E-state index in [-0.39, 0.29) is 11.9 Å². The molecule has 0 aliphatic carbocycles. The average Bonchev–Trinajstić information content (AvgIpc) is 3.18. The fraction of sp³-hybridized carbons (Fsp3) is 0.467. The highest BCUT2D eigenvalue weighted by Crippen LogP contribution is 2.30. The molecule has 1 aliphatic heterocycles. The second-order valence-corrected chi connectivity index (χ2v) is 5.98. The third-order valence-corrected chi connectivity index (χ3v) is 4.08. The first-order valence-corrected chi connectivity index (χ1v) is 8.00. The van der Waals surface area contributed by atoms with Crippen LogP contribution in [0.15, 0.2) is 24.3 Å².